The van der Waals surface area contributed by atoms with Crippen LogP contribution in [-0.4, -0.2) is 33.2 Å². The third kappa shape index (κ3) is 4.70. The second-order valence-corrected chi connectivity index (χ2v) is 6.90. The van der Waals surface area contributed by atoms with Gasteiger partial charge < -0.3 is 10.3 Å². The number of carbonyl (C=O) groups excluding carboxylic acids is 1. The number of amides is 1. The predicted octanol–water partition coefficient (Wildman–Crippen LogP) is 2.37. The molecule has 5 heteroatoms. The molecule has 0 aliphatic heterocycles. The lowest BCUT2D eigenvalue weighted by Crippen LogP contribution is -2.36. The molecule has 2 rings (SSSR count). The normalized spacial score (nSPS) is 14.0. The Kier molecular flexibility index (Phi) is 5.56. The summed E-state index contributed by atoms with van der Waals surface area (Å²) >= 11 is 0. The van der Waals surface area contributed by atoms with Gasteiger partial charge in [-0.25, -0.2) is 0 Å². The molecule has 2 aromatic rings. The van der Waals surface area contributed by atoms with Crippen LogP contribution in [0.15, 0.2) is 30.5 Å². The lowest BCUT2D eigenvalue weighted by molar-refractivity contribution is -0.121. The summed E-state index contributed by atoms with van der Waals surface area (Å²) in [7, 11) is -0.877. The number of fused-ring (bicyclic) bond motifs is 1. The second-order valence-electron chi connectivity index (χ2n) is 5.42. The van der Waals surface area contributed by atoms with Crippen LogP contribution >= 0.6 is 0 Å². The Morgan fingerprint density at radius 3 is 2.90 bits per heavy atom. The first-order valence-electron chi connectivity index (χ1n) is 7.20. The average molecular weight is 306 g/mol. The summed E-state index contributed by atoms with van der Waals surface area (Å²) in [5.74, 6) is 0.543. The quantitative estimate of drug-likeness (QED) is 0.825. The maximum absolute atomic E-state index is 11.8. The summed E-state index contributed by atoms with van der Waals surface area (Å²) in [6, 6.07) is 8.16. The molecular weight excluding hydrogens is 284 g/mol. The van der Waals surface area contributed by atoms with Gasteiger partial charge in [0, 0.05) is 52.4 Å². The van der Waals surface area contributed by atoms with Gasteiger partial charge in [-0.3, -0.25) is 9.00 Å². The largest absolute Gasteiger partial charge is 0.361 e. The van der Waals surface area contributed by atoms with Crippen molar-refractivity contribution >= 4 is 27.6 Å². The van der Waals surface area contributed by atoms with E-state index in [1.807, 2.05) is 25.3 Å². The van der Waals surface area contributed by atoms with Gasteiger partial charge in [0.25, 0.3) is 0 Å². The van der Waals surface area contributed by atoms with Crippen molar-refractivity contribution in [3.8, 4) is 0 Å². The highest BCUT2D eigenvalue weighted by Crippen LogP contribution is 2.19. The van der Waals surface area contributed by atoms with E-state index in [0.717, 1.165) is 18.4 Å². The van der Waals surface area contributed by atoms with Gasteiger partial charge in [-0.2, -0.15) is 0 Å². The number of rotatable bonds is 7. The van der Waals surface area contributed by atoms with Crippen LogP contribution in [0.5, 0.6) is 0 Å². The van der Waals surface area contributed by atoms with Crippen LogP contribution in [0.2, 0.25) is 0 Å². The third-order valence-electron chi connectivity index (χ3n) is 3.42. The standard InChI is InChI=1S/C16H22N2O2S/c1-12(11-21(2)20)18-16(19)9-5-6-13-10-17-15-8-4-3-7-14(13)15/h3-4,7-8,10,12,17H,5-6,9,11H2,1-2H3,(H,18,19). The van der Waals surface area contributed by atoms with Crippen molar-refractivity contribution < 1.29 is 9.00 Å². The van der Waals surface area contributed by atoms with Gasteiger partial charge in [0.15, 0.2) is 0 Å². The van der Waals surface area contributed by atoms with Crippen molar-refractivity contribution in [1.82, 2.24) is 10.3 Å². The van der Waals surface area contributed by atoms with Crippen molar-refractivity contribution in [2.45, 2.75) is 32.2 Å². The van der Waals surface area contributed by atoms with Crippen LogP contribution in [0.4, 0.5) is 0 Å². The van der Waals surface area contributed by atoms with E-state index >= 15 is 0 Å². The molecule has 0 radical (unpaired) electrons. The molecule has 0 aliphatic carbocycles. The van der Waals surface area contributed by atoms with E-state index in [0.29, 0.717) is 12.2 Å². The third-order valence-corrected chi connectivity index (χ3v) is 4.39. The number of hydrogen-bond donors (Lipinski definition) is 2. The molecule has 0 aliphatic rings. The first-order valence-corrected chi connectivity index (χ1v) is 8.93. The molecule has 2 atom stereocenters. The summed E-state index contributed by atoms with van der Waals surface area (Å²) < 4.78 is 11.1. The lowest BCUT2D eigenvalue weighted by Gasteiger charge is -2.12. The number of nitrogens with one attached hydrogen (secondary N) is 2. The van der Waals surface area contributed by atoms with Crippen molar-refractivity contribution in [2.75, 3.05) is 12.0 Å². The molecule has 1 aromatic carbocycles. The maximum Gasteiger partial charge on any atom is 0.220 e. The number of aromatic nitrogens is 1. The summed E-state index contributed by atoms with van der Waals surface area (Å²) in [6.45, 7) is 1.89. The molecule has 0 fully saturated rings. The minimum Gasteiger partial charge on any atom is -0.361 e. The molecule has 0 spiro atoms. The number of hydrogen-bond acceptors (Lipinski definition) is 2. The molecule has 0 bridgehead atoms. The van der Waals surface area contributed by atoms with Gasteiger partial charge in [0.1, 0.15) is 0 Å². The molecule has 114 valence electrons. The maximum atomic E-state index is 11.8. The lowest BCUT2D eigenvalue weighted by atomic mass is 10.1. The molecule has 2 unspecified atom stereocenters. The van der Waals surface area contributed by atoms with E-state index in [1.165, 1.54) is 10.9 Å². The van der Waals surface area contributed by atoms with E-state index in [9.17, 15) is 9.00 Å². The van der Waals surface area contributed by atoms with E-state index in [4.69, 9.17) is 0 Å². The van der Waals surface area contributed by atoms with Gasteiger partial charge in [0.05, 0.1) is 0 Å². The van der Waals surface area contributed by atoms with Crippen molar-refractivity contribution in [1.29, 1.82) is 0 Å². The Morgan fingerprint density at radius 1 is 1.38 bits per heavy atom. The van der Waals surface area contributed by atoms with Crippen LogP contribution in [0, 0.1) is 0 Å². The van der Waals surface area contributed by atoms with Crippen molar-refractivity contribution in [3.05, 3.63) is 36.0 Å². The fraction of sp³-hybridized carbons (Fsp3) is 0.438. The molecular formula is C16H22N2O2S. The van der Waals surface area contributed by atoms with Crippen molar-refractivity contribution in [2.24, 2.45) is 0 Å². The zero-order valence-electron chi connectivity index (χ0n) is 12.5. The first-order chi connectivity index (χ1) is 10.1. The molecule has 1 amide bonds. The van der Waals surface area contributed by atoms with Gasteiger partial charge in [0.2, 0.25) is 5.91 Å². The SMILES string of the molecule is CC(CS(C)=O)NC(=O)CCCc1c[nH]c2ccccc12. The smallest absolute Gasteiger partial charge is 0.220 e. The van der Waals surface area contributed by atoms with Gasteiger partial charge in [-0.1, -0.05) is 18.2 Å². The summed E-state index contributed by atoms with van der Waals surface area (Å²) in [5, 5.41) is 4.12. The minimum atomic E-state index is -0.877. The van der Waals surface area contributed by atoms with Gasteiger partial charge in [-0.15, -0.1) is 0 Å². The fourth-order valence-electron chi connectivity index (χ4n) is 2.52. The summed E-state index contributed by atoms with van der Waals surface area (Å²) in [5.41, 5.74) is 2.39. The second kappa shape index (κ2) is 7.41. The Labute approximate surface area is 127 Å². The number of H-pyrrole nitrogens is 1. The van der Waals surface area contributed by atoms with Crippen molar-refractivity contribution in [3.63, 3.8) is 0 Å². The molecule has 1 aromatic heterocycles. The van der Waals surface area contributed by atoms with Gasteiger partial charge in [-0.05, 0) is 31.4 Å². The van der Waals surface area contributed by atoms with Crippen LogP contribution < -0.4 is 5.32 Å². The Balaban J connectivity index is 1.79. The first kappa shape index (κ1) is 15.8. The zero-order valence-corrected chi connectivity index (χ0v) is 13.3. The predicted molar refractivity (Wildman–Crippen MR) is 87.8 cm³/mol. The van der Waals surface area contributed by atoms with E-state index in [1.54, 1.807) is 6.26 Å². The zero-order chi connectivity index (χ0) is 15.2. The number of aromatic amines is 1. The number of aryl methyl sites for hydroxylation is 1. The summed E-state index contributed by atoms with van der Waals surface area (Å²) in [6.07, 6.45) is 5.87. The Morgan fingerprint density at radius 2 is 2.14 bits per heavy atom. The summed E-state index contributed by atoms with van der Waals surface area (Å²) in [4.78, 5) is 15.1. The highest BCUT2D eigenvalue weighted by Gasteiger charge is 2.09. The number of para-hydroxylation sites is 1. The van der Waals surface area contributed by atoms with E-state index in [2.05, 4.69) is 22.4 Å². The molecule has 4 nitrogen and oxygen atoms in total. The highest BCUT2D eigenvalue weighted by molar-refractivity contribution is 7.84. The van der Waals surface area contributed by atoms with Crippen LogP contribution in [-0.2, 0) is 22.0 Å². The molecule has 0 saturated heterocycles. The van der Waals surface area contributed by atoms with E-state index in [-0.39, 0.29) is 11.9 Å². The van der Waals surface area contributed by atoms with Crippen LogP contribution in [0.3, 0.4) is 0 Å². The number of benzene rings is 1. The topological polar surface area (TPSA) is 62.0 Å². The Bertz CT molecular complexity index is 636. The molecule has 21 heavy (non-hydrogen) atoms. The Hall–Kier alpha value is -1.62. The minimum absolute atomic E-state index is 0.0311. The highest BCUT2D eigenvalue weighted by atomic mass is 32.2. The van der Waals surface area contributed by atoms with Crippen LogP contribution in [0.1, 0.15) is 25.3 Å². The molecule has 2 N–H and O–H groups in total. The average Bonchev–Trinajstić information content (AvgIpc) is 2.81. The van der Waals surface area contributed by atoms with Crippen LogP contribution in [0.25, 0.3) is 10.9 Å². The molecule has 0 saturated carbocycles. The van der Waals surface area contributed by atoms with Gasteiger partial charge >= 0.3 is 0 Å². The molecule has 1 heterocycles. The van der Waals surface area contributed by atoms with E-state index < -0.39 is 10.8 Å². The number of carbonyl (C=O) groups is 1. The fourth-order valence-corrected chi connectivity index (χ4v) is 3.31. The monoisotopic (exact) mass is 306 g/mol.